The molecule has 0 bridgehead atoms. The highest BCUT2D eigenvalue weighted by Gasteiger charge is 2.11. The van der Waals surface area contributed by atoms with E-state index in [9.17, 15) is 9.59 Å². The van der Waals surface area contributed by atoms with Crippen LogP contribution in [0.2, 0.25) is 5.02 Å². The molecule has 4 rings (SSSR count). The normalized spacial score (nSPS) is 10.8. The van der Waals surface area contributed by atoms with E-state index in [-0.39, 0.29) is 6.42 Å². The van der Waals surface area contributed by atoms with Crippen LogP contribution in [0.1, 0.15) is 5.56 Å². The maximum absolute atomic E-state index is 12.4. The number of ether oxygens (including phenoxy) is 1. The number of carbonyl (C=O) groups is 1. The number of rotatable bonds is 4. The molecule has 28 heavy (non-hydrogen) atoms. The molecule has 0 saturated heterocycles. The second kappa shape index (κ2) is 7.71. The van der Waals surface area contributed by atoms with Crippen LogP contribution in [0.4, 0.5) is 0 Å². The molecule has 0 saturated carbocycles. The standard InChI is InChI=1S/C23H15ClO4/c24-18-9-6-15(7-10-18)12-22(25)27-19-11-8-17-13-20(16-4-2-1-3-5-16)23(26)28-21(17)14-19/h1-11,13-14H,12H2. The number of esters is 1. The van der Waals surface area contributed by atoms with E-state index in [0.29, 0.717) is 21.9 Å². The molecule has 1 heterocycles. The predicted molar refractivity (Wildman–Crippen MR) is 109 cm³/mol. The van der Waals surface area contributed by atoms with E-state index < -0.39 is 11.6 Å². The Labute approximate surface area is 166 Å². The molecule has 5 heteroatoms. The minimum absolute atomic E-state index is 0.117. The Kier molecular flexibility index (Phi) is 4.96. The van der Waals surface area contributed by atoms with Gasteiger partial charge in [0.1, 0.15) is 11.3 Å². The van der Waals surface area contributed by atoms with Crippen LogP contribution in [0.15, 0.2) is 88.1 Å². The van der Waals surface area contributed by atoms with Crippen molar-refractivity contribution >= 4 is 28.5 Å². The van der Waals surface area contributed by atoms with Gasteiger partial charge in [-0.1, -0.05) is 54.1 Å². The van der Waals surface area contributed by atoms with Crippen molar-refractivity contribution in [3.63, 3.8) is 0 Å². The van der Waals surface area contributed by atoms with Gasteiger partial charge in [0.15, 0.2) is 0 Å². The summed E-state index contributed by atoms with van der Waals surface area (Å²) in [4.78, 5) is 24.5. The zero-order valence-electron chi connectivity index (χ0n) is 14.7. The lowest BCUT2D eigenvalue weighted by atomic mass is 10.1. The van der Waals surface area contributed by atoms with Gasteiger partial charge >= 0.3 is 11.6 Å². The summed E-state index contributed by atoms with van der Waals surface area (Å²) in [6.45, 7) is 0. The highest BCUT2D eigenvalue weighted by Crippen LogP contribution is 2.24. The van der Waals surface area contributed by atoms with Crippen molar-refractivity contribution in [1.29, 1.82) is 0 Å². The van der Waals surface area contributed by atoms with E-state index in [1.165, 1.54) is 0 Å². The average Bonchev–Trinajstić information content (AvgIpc) is 2.70. The average molecular weight is 391 g/mol. The van der Waals surface area contributed by atoms with Crippen molar-refractivity contribution in [1.82, 2.24) is 0 Å². The Morgan fingerprint density at radius 2 is 1.68 bits per heavy atom. The highest BCUT2D eigenvalue weighted by atomic mass is 35.5. The third kappa shape index (κ3) is 3.97. The van der Waals surface area contributed by atoms with Gasteiger partial charge in [-0.25, -0.2) is 4.79 Å². The molecule has 0 radical (unpaired) electrons. The highest BCUT2D eigenvalue weighted by molar-refractivity contribution is 6.30. The van der Waals surface area contributed by atoms with Gasteiger partial charge in [-0.15, -0.1) is 0 Å². The summed E-state index contributed by atoms with van der Waals surface area (Å²) < 4.78 is 10.8. The van der Waals surface area contributed by atoms with Crippen LogP contribution in [-0.4, -0.2) is 5.97 Å². The lowest BCUT2D eigenvalue weighted by Crippen LogP contribution is -2.11. The van der Waals surface area contributed by atoms with E-state index >= 15 is 0 Å². The van der Waals surface area contributed by atoms with E-state index in [0.717, 1.165) is 16.5 Å². The zero-order chi connectivity index (χ0) is 19.5. The summed E-state index contributed by atoms with van der Waals surface area (Å²) in [6.07, 6.45) is 0.117. The van der Waals surface area contributed by atoms with Crippen molar-refractivity contribution in [2.24, 2.45) is 0 Å². The Hall–Kier alpha value is -3.37. The quantitative estimate of drug-likeness (QED) is 0.271. The van der Waals surface area contributed by atoms with Crippen molar-refractivity contribution < 1.29 is 13.9 Å². The predicted octanol–water partition coefficient (Wildman–Crippen LogP) is 5.26. The molecular formula is C23H15ClO4. The molecule has 0 aliphatic heterocycles. The van der Waals surface area contributed by atoms with Gasteiger partial charge in [-0.05, 0) is 41.5 Å². The third-order valence-electron chi connectivity index (χ3n) is 4.29. The minimum atomic E-state index is -0.441. The fourth-order valence-corrected chi connectivity index (χ4v) is 3.04. The molecule has 0 amide bonds. The van der Waals surface area contributed by atoms with E-state index in [1.54, 1.807) is 48.5 Å². The van der Waals surface area contributed by atoms with Gasteiger partial charge in [-0.3, -0.25) is 4.79 Å². The van der Waals surface area contributed by atoms with Crippen molar-refractivity contribution in [3.05, 3.63) is 99.9 Å². The number of halogens is 1. The molecule has 1 aromatic heterocycles. The lowest BCUT2D eigenvalue weighted by molar-refractivity contribution is -0.133. The molecule has 0 aliphatic carbocycles. The first-order valence-electron chi connectivity index (χ1n) is 8.67. The molecule has 4 aromatic rings. The van der Waals surface area contributed by atoms with Gasteiger partial charge in [0.2, 0.25) is 0 Å². The van der Waals surface area contributed by atoms with Gasteiger partial charge in [-0.2, -0.15) is 0 Å². The Balaban J connectivity index is 1.57. The third-order valence-corrected chi connectivity index (χ3v) is 4.54. The number of carbonyl (C=O) groups excluding carboxylic acids is 1. The summed E-state index contributed by atoms with van der Waals surface area (Å²) in [5.74, 6) is -0.0907. The summed E-state index contributed by atoms with van der Waals surface area (Å²) >= 11 is 5.84. The monoisotopic (exact) mass is 390 g/mol. The van der Waals surface area contributed by atoms with Crippen LogP contribution in [0, 0.1) is 0 Å². The first-order valence-corrected chi connectivity index (χ1v) is 9.05. The molecule has 0 N–H and O–H groups in total. The number of benzene rings is 3. The van der Waals surface area contributed by atoms with Crippen LogP contribution in [0.5, 0.6) is 5.75 Å². The van der Waals surface area contributed by atoms with Crippen LogP contribution in [-0.2, 0) is 11.2 Å². The topological polar surface area (TPSA) is 56.5 Å². The van der Waals surface area contributed by atoms with Crippen molar-refractivity contribution in [2.75, 3.05) is 0 Å². The van der Waals surface area contributed by atoms with Crippen LogP contribution < -0.4 is 10.4 Å². The summed E-state index contributed by atoms with van der Waals surface area (Å²) in [7, 11) is 0. The fourth-order valence-electron chi connectivity index (χ4n) is 2.91. The minimum Gasteiger partial charge on any atom is -0.426 e. The SMILES string of the molecule is O=C(Cc1ccc(Cl)cc1)Oc1ccc2cc(-c3ccccc3)c(=O)oc2c1. The van der Waals surface area contributed by atoms with Crippen molar-refractivity contribution in [3.8, 4) is 16.9 Å². The number of hydrogen-bond acceptors (Lipinski definition) is 4. The molecule has 0 fully saturated rings. The fraction of sp³-hybridized carbons (Fsp3) is 0.0435. The maximum atomic E-state index is 12.4. The number of fused-ring (bicyclic) bond motifs is 1. The molecular weight excluding hydrogens is 376 g/mol. The summed E-state index contributed by atoms with van der Waals surface area (Å²) in [5, 5.41) is 1.35. The smallest absolute Gasteiger partial charge is 0.344 e. The van der Waals surface area contributed by atoms with Gasteiger partial charge in [0, 0.05) is 16.5 Å². The summed E-state index contributed by atoms with van der Waals surface area (Å²) in [5.41, 5.74) is 2.00. The molecule has 0 spiro atoms. The van der Waals surface area contributed by atoms with E-state index in [1.807, 2.05) is 30.3 Å². The van der Waals surface area contributed by atoms with E-state index in [2.05, 4.69) is 0 Å². The largest absolute Gasteiger partial charge is 0.426 e. The van der Waals surface area contributed by atoms with Crippen LogP contribution in [0.25, 0.3) is 22.1 Å². The first-order chi connectivity index (χ1) is 13.6. The lowest BCUT2D eigenvalue weighted by Gasteiger charge is -2.07. The molecule has 138 valence electrons. The van der Waals surface area contributed by atoms with Gasteiger partial charge in [0.25, 0.3) is 0 Å². The number of hydrogen-bond donors (Lipinski definition) is 0. The summed E-state index contributed by atoms with van der Waals surface area (Å²) in [6, 6.07) is 23.1. The van der Waals surface area contributed by atoms with Crippen molar-refractivity contribution in [2.45, 2.75) is 6.42 Å². The van der Waals surface area contributed by atoms with Crippen LogP contribution >= 0.6 is 11.6 Å². The van der Waals surface area contributed by atoms with Gasteiger partial charge < -0.3 is 9.15 Å². The molecule has 0 aliphatic rings. The second-order valence-electron chi connectivity index (χ2n) is 6.29. The Morgan fingerprint density at radius 1 is 0.929 bits per heavy atom. The zero-order valence-corrected chi connectivity index (χ0v) is 15.5. The molecule has 3 aromatic carbocycles. The Morgan fingerprint density at radius 3 is 2.43 bits per heavy atom. The molecule has 0 atom stereocenters. The van der Waals surface area contributed by atoms with Gasteiger partial charge in [0.05, 0.1) is 12.0 Å². The molecule has 0 unspecified atom stereocenters. The maximum Gasteiger partial charge on any atom is 0.344 e. The Bertz CT molecular complexity index is 1190. The van der Waals surface area contributed by atoms with E-state index in [4.69, 9.17) is 20.8 Å². The van der Waals surface area contributed by atoms with Crippen LogP contribution in [0.3, 0.4) is 0 Å². The first kappa shape index (κ1) is 18.0. The molecule has 4 nitrogen and oxygen atoms in total. The second-order valence-corrected chi connectivity index (χ2v) is 6.73.